The molecule has 3 aliphatic rings. The maximum Gasteiger partial charge on any atom is 0.339 e. The van der Waals surface area contributed by atoms with E-state index >= 15 is 0 Å². The number of rotatable bonds is 2. The van der Waals surface area contributed by atoms with Crippen molar-refractivity contribution in [1.82, 2.24) is 20.0 Å². The van der Waals surface area contributed by atoms with Crippen molar-refractivity contribution in [2.24, 2.45) is 0 Å². The number of carbonyl (C=O) groups excluding carboxylic acids is 1. The van der Waals surface area contributed by atoms with E-state index in [-0.39, 0.29) is 5.97 Å². The van der Waals surface area contributed by atoms with Gasteiger partial charge in [0.15, 0.2) is 0 Å². The van der Waals surface area contributed by atoms with Gasteiger partial charge in [-0.15, -0.1) is 0 Å². The minimum atomic E-state index is -0.415. The van der Waals surface area contributed by atoms with Gasteiger partial charge < -0.3 is 10.1 Å². The maximum atomic E-state index is 12.2. The summed E-state index contributed by atoms with van der Waals surface area (Å²) in [6.07, 6.45) is 1.70. The van der Waals surface area contributed by atoms with Crippen molar-refractivity contribution in [3.8, 4) is 0 Å². The number of likely N-dealkylation sites (tertiary alicyclic amines) is 1. The third-order valence-corrected chi connectivity index (χ3v) is 5.70. The molecule has 0 aliphatic carbocycles. The summed E-state index contributed by atoms with van der Waals surface area (Å²) < 4.78 is 7.95. The molecule has 3 aliphatic heterocycles. The van der Waals surface area contributed by atoms with E-state index in [9.17, 15) is 4.79 Å². The van der Waals surface area contributed by atoms with E-state index in [0.717, 1.165) is 68.9 Å². The van der Waals surface area contributed by atoms with Crippen molar-refractivity contribution >= 4 is 5.97 Å². The van der Waals surface area contributed by atoms with Crippen molar-refractivity contribution in [3.05, 3.63) is 52.8 Å². The second-order valence-electron chi connectivity index (χ2n) is 7.23. The average molecular weight is 338 g/mol. The standard InChI is InChI=1S/C19H22N4O2/c24-18-16-3-1-2-4-17(16)19(25-18)5-8-22(9-6-19)13-14-11-15-12-20-7-10-23(15)21-14/h1-4,11,20H,5-10,12-13H2. The summed E-state index contributed by atoms with van der Waals surface area (Å²) >= 11 is 0. The van der Waals surface area contributed by atoms with Crippen molar-refractivity contribution in [3.63, 3.8) is 0 Å². The lowest BCUT2D eigenvalue weighted by Gasteiger charge is -2.38. The zero-order chi connectivity index (χ0) is 16.9. The molecule has 0 amide bonds. The third kappa shape index (κ3) is 2.48. The van der Waals surface area contributed by atoms with E-state index in [1.54, 1.807) is 0 Å². The molecule has 6 heteroatoms. The number of hydrogen-bond donors (Lipinski definition) is 1. The first-order valence-corrected chi connectivity index (χ1v) is 9.05. The van der Waals surface area contributed by atoms with Gasteiger partial charge in [0.1, 0.15) is 5.60 Å². The summed E-state index contributed by atoms with van der Waals surface area (Å²) in [7, 11) is 0. The zero-order valence-corrected chi connectivity index (χ0v) is 14.2. The largest absolute Gasteiger partial charge is 0.450 e. The number of hydrogen-bond acceptors (Lipinski definition) is 5. The first-order valence-electron chi connectivity index (χ1n) is 9.05. The first-order chi connectivity index (χ1) is 12.2. The molecule has 6 nitrogen and oxygen atoms in total. The van der Waals surface area contributed by atoms with Crippen LogP contribution in [0.5, 0.6) is 0 Å². The number of piperidine rings is 1. The van der Waals surface area contributed by atoms with Crippen LogP contribution in [0.2, 0.25) is 0 Å². The average Bonchev–Trinajstić information content (AvgIpc) is 3.17. The normalized spacial score (nSPS) is 21.8. The quantitative estimate of drug-likeness (QED) is 0.844. The van der Waals surface area contributed by atoms with Crippen molar-refractivity contribution in [1.29, 1.82) is 0 Å². The highest BCUT2D eigenvalue weighted by Crippen LogP contribution is 2.44. The fourth-order valence-electron chi connectivity index (χ4n) is 4.35. The van der Waals surface area contributed by atoms with Gasteiger partial charge in [-0.25, -0.2) is 4.79 Å². The van der Waals surface area contributed by atoms with Crippen LogP contribution in [0.15, 0.2) is 30.3 Å². The second-order valence-corrected chi connectivity index (χ2v) is 7.23. The van der Waals surface area contributed by atoms with Crippen LogP contribution in [0.3, 0.4) is 0 Å². The molecule has 25 heavy (non-hydrogen) atoms. The summed E-state index contributed by atoms with van der Waals surface area (Å²) in [4.78, 5) is 14.6. The molecule has 1 spiro atoms. The molecule has 0 saturated carbocycles. The highest BCUT2D eigenvalue weighted by molar-refractivity contribution is 5.94. The number of nitrogens with one attached hydrogen (secondary N) is 1. The molecule has 5 rings (SSSR count). The number of aromatic nitrogens is 2. The van der Waals surface area contributed by atoms with Crippen LogP contribution in [-0.2, 0) is 30.0 Å². The van der Waals surface area contributed by atoms with Gasteiger partial charge in [0.05, 0.1) is 23.5 Å². The predicted molar refractivity (Wildman–Crippen MR) is 92.0 cm³/mol. The highest BCUT2D eigenvalue weighted by atomic mass is 16.6. The van der Waals surface area contributed by atoms with Crippen LogP contribution in [0.25, 0.3) is 0 Å². The number of carbonyl (C=O) groups is 1. The van der Waals surface area contributed by atoms with Gasteiger partial charge in [0.25, 0.3) is 0 Å². The van der Waals surface area contributed by atoms with Gasteiger partial charge in [-0.05, 0) is 12.1 Å². The predicted octanol–water partition coefficient (Wildman–Crippen LogP) is 1.65. The Bertz CT molecular complexity index is 797. The Morgan fingerprint density at radius 1 is 1.20 bits per heavy atom. The summed E-state index contributed by atoms with van der Waals surface area (Å²) in [5.41, 5.74) is 3.81. The summed E-state index contributed by atoms with van der Waals surface area (Å²) in [5, 5.41) is 8.11. The lowest BCUT2D eigenvalue weighted by molar-refractivity contribution is -0.0442. The molecule has 1 aromatic heterocycles. The molecule has 4 heterocycles. The third-order valence-electron chi connectivity index (χ3n) is 5.70. The van der Waals surface area contributed by atoms with Gasteiger partial charge in [-0.2, -0.15) is 5.10 Å². The molecule has 1 N–H and O–H groups in total. The Balaban J connectivity index is 1.29. The summed E-state index contributed by atoms with van der Waals surface area (Å²) in [6, 6.07) is 10.0. The molecule has 0 unspecified atom stereocenters. The lowest BCUT2D eigenvalue weighted by atomic mass is 9.84. The summed E-state index contributed by atoms with van der Waals surface area (Å²) in [5.74, 6) is -0.168. The highest BCUT2D eigenvalue weighted by Gasteiger charge is 2.47. The Hall–Kier alpha value is -2.18. The van der Waals surface area contributed by atoms with Gasteiger partial charge in [0.2, 0.25) is 0 Å². The van der Waals surface area contributed by atoms with Crippen molar-refractivity contribution in [2.75, 3.05) is 19.6 Å². The number of ether oxygens (including phenoxy) is 1. The number of benzene rings is 1. The SMILES string of the molecule is O=C1OC2(CCN(Cc3cc4n(n3)CCNC4)CC2)c2ccccc21. The van der Waals surface area contributed by atoms with Crippen LogP contribution < -0.4 is 5.32 Å². The molecule has 0 radical (unpaired) electrons. The van der Waals surface area contributed by atoms with Crippen LogP contribution in [0.4, 0.5) is 0 Å². The minimum Gasteiger partial charge on any atom is -0.450 e. The Kier molecular flexibility index (Phi) is 3.43. The number of nitrogens with zero attached hydrogens (tertiary/aromatic N) is 3. The Morgan fingerprint density at radius 3 is 2.88 bits per heavy atom. The molecule has 0 bridgehead atoms. The van der Waals surface area contributed by atoms with E-state index < -0.39 is 5.60 Å². The minimum absolute atomic E-state index is 0.168. The van der Waals surface area contributed by atoms with E-state index in [2.05, 4.69) is 21.0 Å². The molecule has 1 fully saturated rings. The second kappa shape index (κ2) is 5.68. The summed E-state index contributed by atoms with van der Waals surface area (Å²) in [6.45, 7) is 5.55. The molecule has 2 aromatic rings. The van der Waals surface area contributed by atoms with Crippen LogP contribution in [0, 0.1) is 0 Å². The van der Waals surface area contributed by atoms with Crippen LogP contribution >= 0.6 is 0 Å². The van der Waals surface area contributed by atoms with Crippen molar-refractivity contribution in [2.45, 2.75) is 38.1 Å². The number of fused-ring (bicyclic) bond motifs is 3. The first kappa shape index (κ1) is 15.1. The van der Waals surface area contributed by atoms with Crippen LogP contribution in [0.1, 0.15) is 40.2 Å². The fourth-order valence-corrected chi connectivity index (χ4v) is 4.35. The van der Waals surface area contributed by atoms with E-state index in [0.29, 0.717) is 0 Å². The van der Waals surface area contributed by atoms with Gasteiger partial charge in [0, 0.05) is 51.1 Å². The Morgan fingerprint density at radius 2 is 2.04 bits per heavy atom. The molecular weight excluding hydrogens is 316 g/mol. The molecular formula is C19H22N4O2. The monoisotopic (exact) mass is 338 g/mol. The van der Waals surface area contributed by atoms with Crippen molar-refractivity contribution < 1.29 is 9.53 Å². The molecule has 130 valence electrons. The fraction of sp³-hybridized carbons (Fsp3) is 0.474. The topological polar surface area (TPSA) is 59.4 Å². The Labute approximate surface area is 146 Å². The zero-order valence-electron chi connectivity index (χ0n) is 14.2. The van der Waals surface area contributed by atoms with Gasteiger partial charge >= 0.3 is 5.97 Å². The van der Waals surface area contributed by atoms with E-state index in [4.69, 9.17) is 9.84 Å². The molecule has 1 aromatic carbocycles. The van der Waals surface area contributed by atoms with Gasteiger partial charge in [-0.1, -0.05) is 18.2 Å². The molecule has 1 saturated heterocycles. The molecule has 0 atom stereocenters. The lowest BCUT2D eigenvalue weighted by Crippen LogP contribution is -2.42. The van der Waals surface area contributed by atoms with Gasteiger partial charge in [-0.3, -0.25) is 9.58 Å². The smallest absolute Gasteiger partial charge is 0.339 e. The maximum absolute atomic E-state index is 12.2. The van der Waals surface area contributed by atoms with E-state index in [1.165, 1.54) is 5.69 Å². The van der Waals surface area contributed by atoms with Crippen LogP contribution in [-0.4, -0.2) is 40.3 Å². The number of esters is 1. The van der Waals surface area contributed by atoms with E-state index in [1.807, 2.05) is 24.3 Å².